The molecule has 0 aliphatic carbocycles. The highest BCUT2D eigenvalue weighted by atomic mass is 32.2. The molecule has 5 heteroatoms. The smallest absolute Gasteiger partial charge is 0.239 e. The summed E-state index contributed by atoms with van der Waals surface area (Å²) in [5.41, 5.74) is 1.99. The number of nitrogens with one attached hydrogen (secondary N) is 1. The maximum atomic E-state index is 12.8. The zero-order valence-electron chi connectivity index (χ0n) is 15.9. The summed E-state index contributed by atoms with van der Waals surface area (Å²) in [4.78, 5) is 14.1. The number of carbonyl (C=O) groups is 1. The zero-order chi connectivity index (χ0) is 18.4. The highest BCUT2D eigenvalue weighted by Crippen LogP contribution is 2.37. The molecule has 1 aromatic heterocycles. The number of rotatable bonds is 2. The van der Waals surface area contributed by atoms with Crippen molar-refractivity contribution in [2.45, 2.75) is 69.1 Å². The highest BCUT2D eigenvalue weighted by molar-refractivity contribution is 8.01. The van der Waals surface area contributed by atoms with Gasteiger partial charge in [-0.15, -0.1) is 11.8 Å². The third kappa shape index (κ3) is 3.76. The fraction of sp³-hybridized carbons (Fsp3) is 0.500. The van der Waals surface area contributed by atoms with Gasteiger partial charge < -0.3 is 5.32 Å². The fourth-order valence-corrected chi connectivity index (χ4v) is 4.08. The first-order valence-corrected chi connectivity index (χ1v) is 9.60. The molecule has 1 amide bonds. The average molecular weight is 358 g/mol. The van der Waals surface area contributed by atoms with E-state index in [9.17, 15) is 4.79 Å². The van der Waals surface area contributed by atoms with Gasteiger partial charge in [-0.2, -0.15) is 5.10 Å². The van der Waals surface area contributed by atoms with Crippen LogP contribution in [0.2, 0.25) is 0 Å². The zero-order valence-corrected chi connectivity index (χ0v) is 16.7. The van der Waals surface area contributed by atoms with Crippen LogP contribution in [0, 0.1) is 0 Å². The second-order valence-electron chi connectivity index (χ2n) is 8.66. The Bertz CT molecular complexity index is 771. The van der Waals surface area contributed by atoms with Gasteiger partial charge in [0.1, 0.15) is 5.82 Å². The minimum atomic E-state index is -0.197. The lowest BCUT2D eigenvalue weighted by Crippen LogP contribution is -2.30. The Kier molecular flexibility index (Phi) is 4.48. The van der Waals surface area contributed by atoms with Gasteiger partial charge in [0.15, 0.2) is 0 Å². The normalized spacial score (nSPS) is 17.4. The van der Waals surface area contributed by atoms with Crippen LogP contribution in [0.5, 0.6) is 0 Å². The van der Waals surface area contributed by atoms with Crippen molar-refractivity contribution in [2.75, 3.05) is 5.32 Å². The molecule has 2 heterocycles. The van der Waals surface area contributed by atoms with E-state index in [0.29, 0.717) is 0 Å². The van der Waals surface area contributed by atoms with Gasteiger partial charge in [0.05, 0.1) is 16.5 Å². The van der Waals surface area contributed by atoms with Gasteiger partial charge >= 0.3 is 0 Å². The first-order chi connectivity index (χ1) is 11.6. The first-order valence-electron chi connectivity index (χ1n) is 8.72. The first kappa shape index (κ1) is 18.1. The molecular formula is C20H27N3OS. The Labute approximate surface area is 154 Å². The van der Waals surface area contributed by atoms with E-state index >= 15 is 0 Å². The van der Waals surface area contributed by atoms with Crippen molar-refractivity contribution in [3.8, 4) is 0 Å². The molecule has 1 aliphatic heterocycles. The summed E-state index contributed by atoms with van der Waals surface area (Å²) in [7, 11) is 0. The molecule has 0 radical (unpaired) electrons. The molecule has 3 rings (SSSR count). The molecule has 0 fully saturated rings. The van der Waals surface area contributed by atoms with E-state index < -0.39 is 0 Å². The highest BCUT2D eigenvalue weighted by Gasteiger charge is 2.31. The minimum Gasteiger partial charge on any atom is -0.310 e. The van der Waals surface area contributed by atoms with Gasteiger partial charge in [-0.05, 0) is 38.8 Å². The van der Waals surface area contributed by atoms with Crippen molar-refractivity contribution < 1.29 is 4.79 Å². The number of amides is 1. The fourth-order valence-electron chi connectivity index (χ4n) is 2.88. The minimum absolute atomic E-state index is 0.0482. The monoisotopic (exact) mass is 357 g/mol. The molecule has 2 aromatic rings. The van der Waals surface area contributed by atoms with Crippen molar-refractivity contribution in [1.29, 1.82) is 0 Å². The SMILES string of the molecule is CC(C)(C)c1cc(NC(=O)C2Cc3ccccc3S2)n(C(C)(C)C)n1. The summed E-state index contributed by atoms with van der Waals surface area (Å²) >= 11 is 1.65. The second-order valence-corrected chi connectivity index (χ2v) is 9.90. The Morgan fingerprint density at radius 3 is 2.48 bits per heavy atom. The predicted octanol–water partition coefficient (Wildman–Crippen LogP) is 4.59. The summed E-state index contributed by atoms with van der Waals surface area (Å²) in [6, 6.07) is 10.3. The molecule has 0 saturated heterocycles. The van der Waals surface area contributed by atoms with Crippen molar-refractivity contribution in [2.24, 2.45) is 0 Å². The van der Waals surface area contributed by atoms with E-state index in [-0.39, 0.29) is 22.1 Å². The lowest BCUT2D eigenvalue weighted by atomic mass is 9.92. The molecule has 1 aromatic carbocycles. The molecular weight excluding hydrogens is 330 g/mol. The standard InChI is InChI=1S/C20H27N3OS/c1-19(2,3)16-12-17(23(22-16)20(4,5)6)21-18(24)15-11-13-9-7-8-10-14(13)25-15/h7-10,12,15H,11H2,1-6H3,(H,21,24). The number of anilines is 1. The van der Waals surface area contributed by atoms with Crippen LogP contribution in [-0.2, 0) is 22.2 Å². The topological polar surface area (TPSA) is 46.9 Å². The maximum Gasteiger partial charge on any atom is 0.239 e. The predicted molar refractivity (Wildman–Crippen MR) is 104 cm³/mol. The second kappa shape index (κ2) is 6.20. The molecule has 1 atom stereocenters. The third-order valence-corrected chi connectivity index (χ3v) is 5.62. The van der Waals surface area contributed by atoms with E-state index in [1.807, 2.05) is 22.9 Å². The number of hydrogen-bond donors (Lipinski definition) is 1. The Morgan fingerprint density at radius 2 is 1.88 bits per heavy atom. The van der Waals surface area contributed by atoms with E-state index in [0.717, 1.165) is 17.9 Å². The summed E-state index contributed by atoms with van der Waals surface area (Å²) in [6.45, 7) is 12.7. The van der Waals surface area contributed by atoms with E-state index in [2.05, 4.69) is 59.0 Å². The molecule has 134 valence electrons. The average Bonchev–Trinajstić information content (AvgIpc) is 3.09. The van der Waals surface area contributed by atoms with Gasteiger partial charge in [-0.25, -0.2) is 4.68 Å². The number of aromatic nitrogens is 2. The van der Waals surface area contributed by atoms with Crippen LogP contribution >= 0.6 is 11.8 Å². The lowest BCUT2D eigenvalue weighted by molar-refractivity contribution is -0.115. The van der Waals surface area contributed by atoms with Crippen LogP contribution < -0.4 is 5.32 Å². The maximum absolute atomic E-state index is 12.8. The van der Waals surface area contributed by atoms with Gasteiger partial charge in [0.25, 0.3) is 0 Å². The molecule has 1 N–H and O–H groups in total. The van der Waals surface area contributed by atoms with Crippen LogP contribution in [0.15, 0.2) is 35.2 Å². The van der Waals surface area contributed by atoms with E-state index in [1.165, 1.54) is 10.5 Å². The number of fused-ring (bicyclic) bond motifs is 1. The van der Waals surface area contributed by atoms with Gasteiger partial charge in [0, 0.05) is 16.4 Å². The largest absolute Gasteiger partial charge is 0.310 e. The van der Waals surface area contributed by atoms with Crippen molar-refractivity contribution in [1.82, 2.24) is 9.78 Å². The molecule has 25 heavy (non-hydrogen) atoms. The van der Waals surface area contributed by atoms with Crippen LogP contribution in [0.25, 0.3) is 0 Å². The lowest BCUT2D eigenvalue weighted by Gasteiger charge is -2.23. The molecule has 0 saturated carbocycles. The Hall–Kier alpha value is -1.75. The van der Waals surface area contributed by atoms with Crippen LogP contribution in [0.3, 0.4) is 0 Å². The third-order valence-electron chi connectivity index (χ3n) is 4.30. The number of hydrogen-bond acceptors (Lipinski definition) is 3. The molecule has 1 unspecified atom stereocenters. The number of thioether (sulfide) groups is 1. The van der Waals surface area contributed by atoms with Gasteiger partial charge in [-0.3, -0.25) is 4.79 Å². The summed E-state index contributed by atoms with van der Waals surface area (Å²) in [5, 5.41) is 7.81. The van der Waals surface area contributed by atoms with E-state index in [4.69, 9.17) is 5.10 Å². The Balaban J connectivity index is 1.83. The van der Waals surface area contributed by atoms with Gasteiger partial charge in [0.2, 0.25) is 5.91 Å². The van der Waals surface area contributed by atoms with Gasteiger partial charge in [-0.1, -0.05) is 39.0 Å². The number of nitrogens with zero attached hydrogens (tertiary/aromatic N) is 2. The van der Waals surface area contributed by atoms with Crippen LogP contribution in [0.1, 0.15) is 52.8 Å². The van der Waals surface area contributed by atoms with Crippen LogP contribution in [-0.4, -0.2) is 20.9 Å². The summed E-state index contributed by atoms with van der Waals surface area (Å²) < 4.78 is 1.93. The molecule has 0 spiro atoms. The molecule has 4 nitrogen and oxygen atoms in total. The number of benzene rings is 1. The van der Waals surface area contributed by atoms with Crippen LogP contribution in [0.4, 0.5) is 5.82 Å². The van der Waals surface area contributed by atoms with E-state index in [1.54, 1.807) is 11.8 Å². The summed E-state index contributed by atoms with van der Waals surface area (Å²) in [5.74, 6) is 0.825. The summed E-state index contributed by atoms with van der Waals surface area (Å²) in [6.07, 6.45) is 0.780. The molecule has 0 bridgehead atoms. The Morgan fingerprint density at radius 1 is 1.20 bits per heavy atom. The van der Waals surface area contributed by atoms with Crippen molar-refractivity contribution in [3.63, 3.8) is 0 Å². The quantitative estimate of drug-likeness (QED) is 0.855. The number of carbonyl (C=O) groups excluding carboxylic acids is 1. The van der Waals surface area contributed by atoms with Crippen molar-refractivity contribution in [3.05, 3.63) is 41.6 Å². The molecule has 1 aliphatic rings. The van der Waals surface area contributed by atoms with Crippen molar-refractivity contribution >= 4 is 23.5 Å².